The van der Waals surface area contributed by atoms with Crippen LogP contribution in [0.5, 0.6) is 17.2 Å². The van der Waals surface area contributed by atoms with Crippen LogP contribution in [0.3, 0.4) is 0 Å². The summed E-state index contributed by atoms with van der Waals surface area (Å²) >= 11 is 0. The first kappa shape index (κ1) is 17.0. The second kappa shape index (κ2) is 7.34. The normalized spacial score (nSPS) is 12.5. The highest BCUT2D eigenvalue weighted by Crippen LogP contribution is 2.39. The number of nitrogens with one attached hydrogen (secondary N) is 1. The van der Waals surface area contributed by atoms with Crippen LogP contribution in [0.25, 0.3) is 0 Å². The van der Waals surface area contributed by atoms with Crippen LogP contribution in [-0.2, 0) is 11.2 Å². The van der Waals surface area contributed by atoms with E-state index >= 15 is 0 Å². The number of hydrogen-bond donors (Lipinski definition) is 1. The molecule has 1 aliphatic rings. The Morgan fingerprint density at radius 2 is 1.76 bits per heavy atom. The van der Waals surface area contributed by atoms with Crippen LogP contribution < -0.4 is 24.4 Å². The second-order valence-electron chi connectivity index (χ2n) is 5.69. The van der Waals surface area contributed by atoms with Gasteiger partial charge in [0.25, 0.3) is 0 Å². The van der Waals surface area contributed by atoms with Gasteiger partial charge in [-0.05, 0) is 18.1 Å². The van der Waals surface area contributed by atoms with Crippen molar-refractivity contribution in [2.24, 2.45) is 0 Å². The molecule has 0 saturated heterocycles. The third-order valence-electron chi connectivity index (χ3n) is 4.30. The Balaban J connectivity index is 1.73. The molecule has 0 saturated carbocycles. The molecule has 2 aromatic rings. The van der Waals surface area contributed by atoms with Crippen LogP contribution in [0.2, 0.25) is 0 Å². The summed E-state index contributed by atoms with van der Waals surface area (Å²) in [5.74, 6) is 1.64. The molecule has 0 aliphatic carbocycles. The van der Waals surface area contributed by atoms with Crippen molar-refractivity contribution < 1.29 is 19.0 Å². The quantitative estimate of drug-likeness (QED) is 0.875. The zero-order chi connectivity index (χ0) is 17.8. The first-order valence-electron chi connectivity index (χ1n) is 8.10. The average Bonchev–Trinajstić information content (AvgIpc) is 3.09. The Morgan fingerprint density at radius 3 is 2.40 bits per heavy atom. The molecule has 132 valence electrons. The number of hydrogen-bond acceptors (Lipinski definition) is 5. The molecule has 3 rings (SSSR count). The number of rotatable bonds is 6. The second-order valence-corrected chi connectivity index (χ2v) is 5.69. The number of carbonyl (C=O) groups is 1. The maximum Gasteiger partial charge on any atom is 0.246 e. The minimum absolute atomic E-state index is 0.0266. The smallest absolute Gasteiger partial charge is 0.246 e. The van der Waals surface area contributed by atoms with Gasteiger partial charge in [0.2, 0.25) is 11.7 Å². The Bertz CT molecular complexity index is 751. The van der Waals surface area contributed by atoms with Gasteiger partial charge in [-0.3, -0.25) is 4.79 Å². The first-order valence-corrected chi connectivity index (χ1v) is 8.10. The lowest BCUT2D eigenvalue weighted by Crippen LogP contribution is -2.34. The summed E-state index contributed by atoms with van der Waals surface area (Å²) in [7, 11) is 4.68. The summed E-state index contributed by atoms with van der Waals surface area (Å²) in [6.45, 7) is 0.905. The van der Waals surface area contributed by atoms with E-state index < -0.39 is 0 Å². The minimum atomic E-state index is 0.0266. The van der Waals surface area contributed by atoms with E-state index in [1.807, 2.05) is 23.1 Å². The van der Waals surface area contributed by atoms with Gasteiger partial charge in [0.05, 0.1) is 27.9 Å². The zero-order valence-corrected chi connectivity index (χ0v) is 14.7. The molecular weight excluding hydrogens is 320 g/mol. The number of ether oxygens (including phenoxy) is 3. The summed E-state index contributed by atoms with van der Waals surface area (Å²) in [6.07, 6.45) is 0.895. The number of amides is 1. The number of nitrogens with zero attached hydrogens (tertiary/aromatic N) is 1. The largest absolute Gasteiger partial charge is 0.493 e. The number of para-hydroxylation sites is 1. The Kier molecular flexibility index (Phi) is 4.97. The van der Waals surface area contributed by atoms with Gasteiger partial charge in [-0.2, -0.15) is 0 Å². The molecule has 0 bridgehead atoms. The number of benzene rings is 2. The van der Waals surface area contributed by atoms with E-state index in [4.69, 9.17) is 14.2 Å². The molecule has 0 aromatic heterocycles. The van der Waals surface area contributed by atoms with Crippen LogP contribution >= 0.6 is 0 Å². The summed E-state index contributed by atoms with van der Waals surface area (Å²) in [4.78, 5) is 14.4. The van der Waals surface area contributed by atoms with E-state index in [9.17, 15) is 4.79 Å². The third kappa shape index (κ3) is 3.33. The van der Waals surface area contributed by atoms with Crippen LogP contribution in [0.15, 0.2) is 36.4 Å². The molecular formula is C19H22N2O4. The average molecular weight is 342 g/mol. The van der Waals surface area contributed by atoms with Gasteiger partial charge in [-0.1, -0.05) is 18.2 Å². The lowest BCUT2D eigenvalue weighted by molar-refractivity contribution is -0.116. The van der Waals surface area contributed by atoms with Gasteiger partial charge < -0.3 is 24.4 Å². The Hall–Kier alpha value is -2.89. The van der Waals surface area contributed by atoms with Gasteiger partial charge in [-0.15, -0.1) is 0 Å². The third-order valence-corrected chi connectivity index (χ3v) is 4.30. The summed E-state index contributed by atoms with van der Waals surface area (Å²) in [5.41, 5.74) is 2.94. The summed E-state index contributed by atoms with van der Waals surface area (Å²) < 4.78 is 16.0. The molecule has 6 nitrogen and oxygen atoms in total. The standard InChI is InChI=1S/C19H22N2O4/c1-23-16-10-14(11-17(24-2)19(16)25-3)20-12-18(22)21-9-8-13-6-4-5-7-15(13)21/h4-7,10-11,20H,8-9,12H2,1-3H3. The highest BCUT2D eigenvalue weighted by Gasteiger charge is 2.24. The van der Waals surface area contributed by atoms with Crippen molar-refractivity contribution in [2.45, 2.75) is 6.42 Å². The molecule has 0 atom stereocenters. The summed E-state index contributed by atoms with van der Waals surface area (Å²) in [5, 5.41) is 3.15. The minimum Gasteiger partial charge on any atom is -0.493 e. The van der Waals surface area contributed by atoms with E-state index in [2.05, 4.69) is 11.4 Å². The van der Waals surface area contributed by atoms with Gasteiger partial charge in [-0.25, -0.2) is 0 Å². The Morgan fingerprint density at radius 1 is 1.08 bits per heavy atom. The molecule has 25 heavy (non-hydrogen) atoms. The van der Waals surface area contributed by atoms with Crippen molar-refractivity contribution in [2.75, 3.05) is 44.6 Å². The van der Waals surface area contributed by atoms with Crippen molar-refractivity contribution >= 4 is 17.3 Å². The monoisotopic (exact) mass is 342 g/mol. The lowest BCUT2D eigenvalue weighted by atomic mass is 10.2. The highest BCUT2D eigenvalue weighted by molar-refractivity contribution is 5.98. The number of fused-ring (bicyclic) bond motifs is 1. The SMILES string of the molecule is COc1cc(NCC(=O)N2CCc3ccccc32)cc(OC)c1OC. The van der Waals surface area contributed by atoms with Crippen molar-refractivity contribution in [3.05, 3.63) is 42.0 Å². The van der Waals surface area contributed by atoms with Crippen LogP contribution in [0.4, 0.5) is 11.4 Å². The van der Waals surface area contributed by atoms with E-state index in [1.165, 1.54) is 5.56 Å². The van der Waals surface area contributed by atoms with Gasteiger partial charge in [0.1, 0.15) is 0 Å². The number of methoxy groups -OCH3 is 3. The topological polar surface area (TPSA) is 60.0 Å². The molecule has 0 radical (unpaired) electrons. The molecule has 0 spiro atoms. The Labute approximate surface area is 147 Å². The van der Waals surface area contributed by atoms with Gasteiger partial charge in [0.15, 0.2) is 11.5 Å². The van der Waals surface area contributed by atoms with Crippen molar-refractivity contribution in [1.82, 2.24) is 0 Å². The molecule has 1 heterocycles. The molecule has 6 heteroatoms. The van der Waals surface area contributed by atoms with E-state index in [-0.39, 0.29) is 12.5 Å². The van der Waals surface area contributed by atoms with Crippen LogP contribution in [0.1, 0.15) is 5.56 Å². The lowest BCUT2D eigenvalue weighted by Gasteiger charge is -2.19. The molecule has 2 aromatic carbocycles. The molecule has 1 amide bonds. The summed E-state index contributed by atoms with van der Waals surface area (Å²) in [6, 6.07) is 11.6. The predicted octanol–water partition coefficient (Wildman–Crippen LogP) is 2.71. The fourth-order valence-electron chi connectivity index (χ4n) is 3.05. The van der Waals surface area contributed by atoms with E-state index in [0.717, 1.165) is 24.3 Å². The van der Waals surface area contributed by atoms with Crippen LogP contribution in [-0.4, -0.2) is 40.3 Å². The number of anilines is 2. The molecule has 1 N–H and O–H groups in total. The number of carbonyl (C=O) groups excluding carboxylic acids is 1. The van der Waals surface area contributed by atoms with E-state index in [0.29, 0.717) is 17.2 Å². The van der Waals surface area contributed by atoms with Gasteiger partial charge in [0, 0.05) is 30.1 Å². The highest BCUT2D eigenvalue weighted by atomic mass is 16.5. The fourth-order valence-corrected chi connectivity index (χ4v) is 3.05. The maximum atomic E-state index is 12.6. The van der Waals surface area contributed by atoms with Crippen molar-refractivity contribution in [3.63, 3.8) is 0 Å². The van der Waals surface area contributed by atoms with E-state index in [1.54, 1.807) is 33.5 Å². The fraction of sp³-hybridized carbons (Fsp3) is 0.316. The zero-order valence-electron chi connectivity index (χ0n) is 14.7. The predicted molar refractivity (Wildman–Crippen MR) is 97.1 cm³/mol. The van der Waals surface area contributed by atoms with Crippen molar-refractivity contribution in [3.8, 4) is 17.2 Å². The maximum absolute atomic E-state index is 12.6. The first-order chi connectivity index (χ1) is 12.2. The van der Waals surface area contributed by atoms with Crippen molar-refractivity contribution in [1.29, 1.82) is 0 Å². The molecule has 0 unspecified atom stereocenters. The molecule has 1 aliphatic heterocycles. The van der Waals surface area contributed by atoms with Crippen LogP contribution in [0, 0.1) is 0 Å². The van der Waals surface area contributed by atoms with Gasteiger partial charge >= 0.3 is 0 Å². The molecule has 0 fully saturated rings.